The fourth-order valence-corrected chi connectivity index (χ4v) is 11.8. The van der Waals surface area contributed by atoms with E-state index in [9.17, 15) is 36.9 Å². The summed E-state index contributed by atoms with van der Waals surface area (Å²) in [5.74, 6) is -7.89. The smallest absolute Gasteiger partial charge is 0.327 e. The molecular weight excluding hydrogens is 677 g/mol. The molecule has 0 aliphatic carbocycles. The van der Waals surface area contributed by atoms with E-state index in [2.05, 4.69) is 12.1 Å². The largest absolute Gasteiger partial charge is 0.465 e. The van der Waals surface area contributed by atoms with E-state index in [0.717, 1.165) is 11.1 Å². The van der Waals surface area contributed by atoms with Gasteiger partial charge in [0.05, 0.1) is 48.4 Å². The minimum Gasteiger partial charge on any atom is -0.465 e. The first-order valence-corrected chi connectivity index (χ1v) is 20.1. The number of benzene rings is 3. The highest BCUT2D eigenvalue weighted by Crippen LogP contribution is 2.55. The number of hydrogen-bond donors (Lipinski definition) is 0. The monoisotopic (exact) mass is 716 g/mol. The molecule has 2 saturated heterocycles. The van der Waals surface area contributed by atoms with Crippen LogP contribution in [0.1, 0.15) is 70.9 Å². The molecule has 0 spiro atoms. The van der Waals surface area contributed by atoms with E-state index < -0.39 is 89.1 Å². The van der Waals surface area contributed by atoms with Crippen molar-refractivity contribution < 1.29 is 35.9 Å². The lowest BCUT2D eigenvalue weighted by Crippen LogP contribution is -2.52. The molecule has 10 nitrogen and oxygen atoms in total. The molecule has 12 heteroatoms. The third-order valence-electron chi connectivity index (χ3n) is 10.2. The summed E-state index contributed by atoms with van der Waals surface area (Å²) < 4.78 is 64.9. The maximum Gasteiger partial charge on any atom is 0.327 e. The van der Waals surface area contributed by atoms with Crippen LogP contribution in [0.3, 0.4) is 0 Å². The van der Waals surface area contributed by atoms with Gasteiger partial charge in [-0.3, -0.25) is 9.59 Å². The van der Waals surface area contributed by atoms with Crippen LogP contribution in [0, 0.1) is 47.3 Å². The molecule has 50 heavy (non-hydrogen) atoms. The van der Waals surface area contributed by atoms with Gasteiger partial charge < -0.3 is 9.47 Å². The first kappa shape index (κ1) is 36.8. The summed E-state index contributed by atoms with van der Waals surface area (Å²) in [6, 6.07) is 24.6. The molecule has 2 heterocycles. The molecule has 0 amide bonds. The van der Waals surface area contributed by atoms with Crippen LogP contribution < -0.4 is 0 Å². The number of aryl methyl sites for hydroxylation is 2. The van der Waals surface area contributed by atoms with E-state index in [0.29, 0.717) is 22.3 Å². The van der Waals surface area contributed by atoms with Gasteiger partial charge in [0.2, 0.25) is 0 Å². The molecule has 262 valence electrons. The van der Waals surface area contributed by atoms with Gasteiger partial charge in [0.1, 0.15) is 0 Å². The van der Waals surface area contributed by atoms with E-state index in [1.807, 2.05) is 13.8 Å². The Hall–Kier alpha value is -4.52. The Labute approximate surface area is 293 Å². The quantitative estimate of drug-likeness (QED) is 0.288. The third kappa shape index (κ3) is 6.55. The van der Waals surface area contributed by atoms with Crippen LogP contribution >= 0.6 is 0 Å². The number of sulfone groups is 2. The average Bonchev–Trinajstić information content (AvgIpc) is 3.08. The molecular formula is C38H40N2O8S2. The highest BCUT2D eigenvalue weighted by atomic mass is 32.2. The second-order valence-electron chi connectivity index (χ2n) is 13.3. The van der Waals surface area contributed by atoms with Crippen LogP contribution in [0.15, 0.2) is 72.8 Å². The van der Waals surface area contributed by atoms with Crippen molar-refractivity contribution in [2.45, 2.75) is 51.4 Å². The first-order valence-electron chi connectivity index (χ1n) is 16.5. The SMILES string of the molecule is CCOC(=O)C1(C#N)C(c2ccc(C)cc2)CS(=O)(=O)CC1c1ccc(C2CS(=O)(=O)CC(c3ccc(C)cc3)C2(C#N)C(=O)OCC)cc1. The summed E-state index contributed by atoms with van der Waals surface area (Å²) >= 11 is 0. The van der Waals surface area contributed by atoms with E-state index in [4.69, 9.17) is 9.47 Å². The van der Waals surface area contributed by atoms with Crippen LogP contribution in [-0.4, -0.2) is 65.0 Å². The Balaban J connectivity index is 1.67. The van der Waals surface area contributed by atoms with Crippen LogP contribution in [0.25, 0.3) is 0 Å². The lowest BCUT2D eigenvalue weighted by atomic mass is 9.62. The topological polar surface area (TPSA) is 168 Å². The zero-order valence-corrected chi connectivity index (χ0v) is 30.1. The number of carbonyl (C=O) groups excluding carboxylic acids is 2. The minimum absolute atomic E-state index is 0.0241. The van der Waals surface area contributed by atoms with Crippen molar-refractivity contribution in [1.29, 1.82) is 10.5 Å². The molecule has 6 atom stereocenters. The zero-order chi connectivity index (χ0) is 36.5. The Morgan fingerprint density at radius 3 is 1.04 bits per heavy atom. The normalized spacial score (nSPS) is 28.4. The lowest BCUT2D eigenvalue weighted by Gasteiger charge is -2.44. The standard InChI is InChI=1S/C38H40N2O8S2/c1-5-47-35(41)37(23-39)31(27-11-7-25(3)8-12-27)19-49(43,44)21-33(37)29-15-17-30(18-16-29)34-22-50(45,46)20-32(28-13-9-26(4)10-14-28)38(34,24-40)36(42)48-6-2/h7-18,31-34H,5-6,19-22H2,1-4H3. The van der Waals surface area contributed by atoms with E-state index in [1.165, 1.54) is 0 Å². The molecule has 0 radical (unpaired) electrons. The molecule has 2 aliphatic heterocycles. The van der Waals surface area contributed by atoms with Crippen LogP contribution in [0.5, 0.6) is 0 Å². The summed E-state index contributed by atoms with van der Waals surface area (Å²) in [4.78, 5) is 27.7. The molecule has 2 fully saturated rings. The third-order valence-corrected chi connectivity index (χ3v) is 13.5. The maximum atomic E-state index is 13.8. The molecule has 2 aliphatic rings. The van der Waals surface area contributed by atoms with Crippen LogP contribution in [0.4, 0.5) is 0 Å². The molecule has 5 rings (SSSR count). The van der Waals surface area contributed by atoms with Crippen molar-refractivity contribution in [3.8, 4) is 12.1 Å². The number of nitrogens with zero attached hydrogens (tertiary/aromatic N) is 2. The van der Waals surface area contributed by atoms with Crippen molar-refractivity contribution >= 4 is 31.6 Å². The van der Waals surface area contributed by atoms with E-state index >= 15 is 0 Å². The van der Waals surface area contributed by atoms with E-state index in [-0.39, 0.29) is 13.2 Å². The number of hydrogen-bond acceptors (Lipinski definition) is 10. The Morgan fingerprint density at radius 1 is 0.580 bits per heavy atom. The van der Waals surface area contributed by atoms with Crippen LogP contribution in [0.2, 0.25) is 0 Å². The van der Waals surface area contributed by atoms with Crippen molar-refractivity contribution in [2.75, 3.05) is 36.2 Å². The summed E-state index contributed by atoms with van der Waals surface area (Å²) in [5, 5.41) is 21.6. The van der Waals surface area contributed by atoms with Crippen LogP contribution in [-0.2, 0) is 38.7 Å². The van der Waals surface area contributed by atoms with Crippen molar-refractivity contribution in [3.63, 3.8) is 0 Å². The molecule has 0 saturated carbocycles. The second kappa shape index (κ2) is 14.0. The zero-order valence-electron chi connectivity index (χ0n) is 28.5. The molecule has 0 aromatic heterocycles. The van der Waals surface area contributed by atoms with Crippen molar-refractivity contribution in [1.82, 2.24) is 0 Å². The fourth-order valence-electron chi connectivity index (χ4n) is 7.63. The minimum atomic E-state index is -3.79. The number of rotatable bonds is 8. The highest BCUT2D eigenvalue weighted by Gasteiger charge is 2.61. The molecule has 3 aromatic rings. The summed E-state index contributed by atoms with van der Waals surface area (Å²) in [5.41, 5.74) is -0.273. The Morgan fingerprint density at radius 2 is 0.820 bits per heavy atom. The van der Waals surface area contributed by atoms with Gasteiger partial charge in [-0.25, -0.2) is 16.8 Å². The predicted octanol–water partition coefficient (Wildman–Crippen LogP) is 5.04. The Bertz CT molecular complexity index is 1920. The predicted molar refractivity (Wildman–Crippen MR) is 186 cm³/mol. The number of ether oxygens (including phenoxy) is 2. The summed E-state index contributed by atoms with van der Waals surface area (Å²) in [6.07, 6.45) is 0. The fraction of sp³-hybridized carbons (Fsp3) is 0.421. The number of carbonyl (C=O) groups is 2. The molecule has 3 aromatic carbocycles. The van der Waals surface area contributed by atoms with E-state index in [1.54, 1.807) is 86.6 Å². The van der Waals surface area contributed by atoms with Gasteiger partial charge in [0.25, 0.3) is 0 Å². The van der Waals surface area contributed by atoms with Gasteiger partial charge in [-0.15, -0.1) is 0 Å². The number of nitriles is 2. The van der Waals surface area contributed by atoms with Crippen molar-refractivity contribution in [3.05, 3.63) is 106 Å². The van der Waals surface area contributed by atoms with Gasteiger partial charge in [0, 0.05) is 23.7 Å². The summed E-state index contributed by atoms with van der Waals surface area (Å²) in [7, 11) is -7.57. The second-order valence-corrected chi connectivity index (χ2v) is 17.6. The molecule has 6 unspecified atom stereocenters. The number of esters is 2. The first-order chi connectivity index (χ1) is 23.7. The highest BCUT2D eigenvalue weighted by molar-refractivity contribution is 7.91. The van der Waals surface area contributed by atoms with Gasteiger partial charge in [-0.05, 0) is 49.9 Å². The van der Waals surface area contributed by atoms with Gasteiger partial charge >= 0.3 is 11.9 Å². The summed E-state index contributed by atoms with van der Waals surface area (Å²) in [6.45, 7) is 6.92. The van der Waals surface area contributed by atoms with Gasteiger partial charge in [0.15, 0.2) is 30.5 Å². The van der Waals surface area contributed by atoms with Gasteiger partial charge in [-0.2, -0.15) is 10.5 Å². The molecule has 0 N–H and O–H groups in total. The average molecular weight is 717 g/mol. The Kier molecular flexibility index (Phi) is 10.3. The van der Waals surface area contributed by atoms with Crippen molar-refractivity contribution in [2.24, 2.45) is 10.8 Å². The maximum absolute atomic E-state index is 13.8. The van der Waals surface area contributed by atoms with Gasteiger partial charge in [-0.1, -0.05) is 83.9 Å². The molecule has 0 bridgehead atoms. The lowest BCUT2D eigenvalue weighted by molar-refractivity contribution is -0.155.